The summed E-state index contributed by atoms with van der Waals surface area (Å²) in [7, 11) is 1.49. The van der Waals surface area contributed by atoms with Crippen molar-refractivity contribution in [3.05, 3.63) is 89.5 Å². The topological polar surface area (TPSA) is 114 Å². The minimum Gasteiger partial charge on any atom is -0.398 e. The van der Waals surface area contributed by atoms with Gasteiger partial charge in [-0.05, 0) is 47.8 Å². The molecule has 3 aromatic rings. The SMILES string of the molecule is COC(C(=O)Nc1ccc(N)c(C(=N)c2cccc(SN)c2)c1)c1ccccc1. The Labute approximate surface area is 173 Å². The number of rotatable bonds is 7. The van der Waals surface area contributed by atoms with E-state index in [9.17, 15) is 4.79 Å². The first-order valence-corrected chi connectivity index (χ1v) is 9.75. The van der Waals surface area contributed by atoms with E-state index in [4.69, 9.17) is 21.0 Å². The number of carbonyl (C=O) groups is 1. The normalized spacial score (nSPS) is 11.7. The number of nitrogen functional groups attached to an aromatic ring is 1. The Hall–Kier alpha value is -3.13. The maximum absolute atomic E-state index is 12.7. The van der Waals surface area contributed by atoms with Gasteiger partial charge >= 0.3 is 0 Å². The van der Waals surface area contributed by atoms with Crippen LogP contribution in [0.2, 0.25) is 0 Å². The Bertz CT molecular complexity index is 1020. The zero-order chi connectivity index (χ0) is 20.8. The molecule has 0 saturated carbocycles. The number of hydrogen-bond acceptors (Lipinski definition) is 6. The number of ether oxygens (including phenoxy) is 1. The Kier molecular flexibility index (Phi) is 6.66. The van der Waals surface area contributed by atoms with Crippen LogP contribution < -0.4 is 16.2 Å². The van der Waals surface area contributed by atoms with E-state index in [1.807, 2.05) is 54.6 Å². The van der Waals surface area contributed by atoms with Crippen LogP contribution in [0.1, 0.15) is 22.8 Å². The van der Waals surface area contributed by atoms with Gasteiger partial charge in [0.05, 0.1) is 5.71 Å². The van der Waals surface area contributed by atoms with E-state index in [0.29, 0.717) is 22.5 Å². The van der Waals surface area contributed by atoms with Crippen molar-refractivity contribution in [3.8, 4) is 0 Å². The maximum atomic E-state index is 12.7. The Morgan fingerprint density at radius 3 is 2.52 bits per heavy atom. The van der Waals surface area contributed by atoms with Gasteiger partial charge in [-0.1, -0.05) is 42.5 Å². The van der Waals surface area contributed by atoms with Gasteiger partial charge in [0.1, 0.15) is 0 Å². The lowest BCUT2D eigenvalue weighted by Crippen LogP contribution is -2.22. The summed E-state index contributed by atoms with van der Waals surface area (Å²) < 4.78 is 5.37. The second-order valence-electron chi connectivity index (χ2n) is 6.34. The first-order valence-electron chi connectivity index (χ1n) is 8.87. The highest BCUT2D eigenvalue weighted by Gasteiger charge is 2.20. The Balaban J connectivity index is 1.85. The molecule has 1 atom stereocenters. The van der Waals surface area contributed by atoms with E-state index in [1.165, 1.54) is 7.11 Å². The minimum atomic E-state index is -0.741. The molecule has 3 aromatic carbocycles. The molecule has 29 heavy (non-hydrogen) atoms. The molecule has 0 aliphatic rings. The summed E-state index contributed by atoms with van der Waals surface area (Å²) in [5, 5.41) is 17.0. The predicted molar refractivity (Wildman–Crippen MR) is 118 cm³/mol. The average Bonchev–Trinajstić information content (AvgIpc) is 2.76. The lowest BCUT2D eigenvalue weighted by molar-refractivity contribution is -0.126. The molecule has 0 spiro atoms. The fourth-order valence-corrected chi connectivity index (χ4v) is 3.31. The van der Waals surface area contributed by atoms with Gasteiger partial charge in [-0.15, -0.1) is 0 Å². The third kappa shape index (κ3) is 4.83. The highest BCUT2D eigenvalue weighted by molar-refractivity contribution is 7.97. The van der Waals surface area contributed by atoms with Gasteiger partial charge in [0.25, 0.3) is 5.91 Å². The van der Waals surface area contributed by atoms with Crippen LogP contribution in [0.4, 0.5) is 11.4 Å². The van der Waals surface area contributed by atoms with Crippen LogP contribution in [0.15, 0.2) is 77.7 Å². The van der Waals surface area contributed by atoms with Crippen LogP contribution in [0.3, 0.4) is 0 Å². The molecule has 0 aromatic heterocycles. The van der Waals surface area contributed by atoms with Crippen molar-refractivity contribution in [2.24, 2.45) is 5.14 Å². The molecule has 0 heterocycles. The first-order chi connectivity index (χ1) is 14.0. The van der Waals surface area contributed by atoms with Gasteiger partial charge in [-0.3, -0.25) is 15.3 Å². The number of nitrogens with two attached hydrogens (primary N) is 2. The number of carbonyl (C=O) groups excluding carboxylic acids is 1. The second kappa shape index (κ2) is 9.38. The standard InChI is InChI=1S/C22H22N4O2S/c1-28-21(14-6-3-2-4-7-14)22(27)26-16-10-11-19(23)18(13-16)20(24)15-8-5-9-17(12-15)29-25/h2-13,21,24H,23,25H2,1H3,(H,26,27). The van der Waals surface area contributed by atoms with Gasteiger partial charge in [-0.25, -0.2) is 0 Å². The van der Waals surface area contributed by atoms with Crippen LogP contribution in [-0.4, -0.2) is 18.7 Å². The van der Waals surface area contributed by atoms with Crippen molar-refractivity contribution in [1.29, 1.82) is 5.41 Å². The molecule has 0 bridgehead atoms. The Morgan fingerprint density at radius 2 is 1.83 bits per heavy atom. The molecule has 0 aliphatic carbocycles. The number of amides is 1. The van der Waals surface area contributed by atoms with Crippen LogP contribution in [0, 0.1) is 5.41 Å². The average molecular weight is 407 g/mol. The molecule has 3 rings (SSSR count). The van der Waals surface area contributed by atoms with E-state index in [0.717, 1.165) is 22.4 Å². The monoisotopic (exact) mass is 406 g/mol. The van der Waals surface area contributed by atoms with E-state index in [-0.39, 0.29) is 11.6 Å². The highest BCUT2D eigenvalue weighted by Crippen LogP contribution is 2.25. The molecular formula is C22H22N4O2S. The third-order valence-corrected chi connectivity index (χ3v) is 4.95. The third-order valence-electron chi connectivity index (χ3n) is 4.43. The van der Waals surface area contributed by atoms with Gasteiger partial charge in [-0.2, -0.15) is 0 Å². The van der Waals surface area contributed by atoms with Crippen molar-refractivity contribution < 1.29 is 9.53 Å². The lowest BCUT2D eigenvalue weighted by Gasteiger charge is -2.17. The Morgan fingerprint density at radius 1 is 1.07 bits per heavy atom. The van der Waals surface area contributed by atoms with Crippen molar-refractivity contribution >= 4 is 34.9 Å². The quantitative estimate of drug-likeness (QED) is 0.269. The summed E-state index contributed by atoms with van der Waals surface area (Å²) in [6.07, 6.45) is -0.741. The molecular weight excluding hydrogens is 384 g/mol. The van der Waals surface area contributed by atoms with Gasteiger partial charge in [0.15, 0.2) is 6.10 Å². The van der Waals surface area contributed by atoms with Crippen LogP contribution >= 0.6 is 11.9 Å². The molecule has 1 amide bonds. The van der Waals surface area contributed by atoms with Crippen molar-refractivity contribution in [2.45, 2.75) is 11.0 Å². The number of anilines is 2. The molecule has 0 saturated heterocycles. The maximum Gasteiger partial charge on any atom is 0.258 e. The molecule has 0 aliphatic heterocycles. The van der Waals surface area contributed by atoms with E-state index in [1.54, 1.807) is 18.2 Å². The summed E-state index contributed by atoms with van der Waals surface area (Å²) in [4.78, 5) is 13.6. The molecule has 1 unspecified atom stereocenters. The van der Waals surface area contributed by atoms with E-state index in [2.05, 4.69) is 5.32 Å². The van der Waals surface area contributed by atoms with E-state index < -0.39 is 6.10 Å². The van der Waals surface area contributed by atoms with Crippen molar-refractivity contribution in [3.63, 3.8) is 0 Å². The number of hydrogen-bond donors (Lipinski definition) is 4. The number of benzene rings is 3. The molecule has 148 valence electrons. The fourth-order valence-electron chi connectivity index (χ4n) is 2.96. The zero-order valence-electron chi connectivity index (χ0n) is 15.9. The molecule has 0 fully saturated rings. The van der Waals surface area contributed by atoms with Crippen molar-refractivity contribution in [2.75, 3.05) is 18.2 Å². The fraction of sp³-hybridized carbons (Fsp3) is 0.0909. The largest absolute Gasteiger partial charge is 0.398 e. The first kappa shape index (κ1) is 20.6. The van der Waals surface area contributed by atoms with Crippen molar-refractivity contribution in [1.82, 2.24) is 0 Å². The molecule has 7 heteroatoms. The molecule has 6 nitrogen and oxygen atoms in total. The minimum absolute atomic E-state index is 0.251. The van der Waals surface area contributed by atoms with Gasteiger partial charge in [0, 0.05) is 34.5 Å². The number of methoxy groups -OCH3 is 1. The van der Waals surface area contributed by atoms with E-state index >= 15 is 0 Å². The van der Waals surface area contributed by atoms with Gasteiger partial charge in [0.2, 0.25) is 0 Å². The van der Waals surface area contributed by atoms with Crippen LogP contribution in [-0.2, 0) is 9.53 Å². The molecule has 6 N–H and O–H groups in total. The summed E-state index contributed by atoms with van der Waals surface area (Å²) in [6, 6.07) is 21.7. The molecule has 0 radical (unpaired) electrons. The lowest BCUT2D eigenvalue weighted by atomic mass is 10.00. The van der Waals surface area contributed by atoms with Gasteiger partial charge < -0.3 is 15.8 Å². The highest BCUT2D eigenvalue weighted by atomic mass is 32.2. The summed E-state index contributed by atoms with van der Waals surface area (Å²) in [5.74, 6) is -0.303. The smallest absolute Gasteiger partial charge is 0.258 e. The summed E-state index contributed by atoms with van der Waals surface area (Å²) >= 11 is 1.12. The summed E-state index contributed by atoms with van der Waals surface area (Å²) in [6.45, 7) is 0. The van der Waals surface area contributed by atoms with Crippen LogP contribution in [0.25, 0.3) is 0 Å². The van der Waals surface area contributed by atoms with Crippen LogP contribution in [0.5, 0.6) is 0 Å². The second-order valence-corrected chi connectivity index (χ2v) is 7.05. The zero-order valence-corrected chi connectivity index (χ0v) is 16.7. The number of nitrogens with one attached hydrogen (secondary N) is 2. The summed E-state index contributed by atoms with van der Waals surface area (Å²) in [5.41, 5.74) is 9.30. The predicted octanol–water partition coefficient (Wildman–Crippen LogP) is 3.98.